The Hall–Kier alpha value is -3.02. The summed E-state index contributed by atoms with van der Waals surface area (Å²) in [5.74, 6) is 0.624. The molecular weight excluding hydrogens is 346 g/mol. The van der Waals surface area contributed by atoms with E-state index in [0.717, 1.165) is 16.7 Å². The van der Waals surface area contributed by atoms with Crippen LogP contribution in [0.1, 0.15) is 29.2 Å². The largest absolute Gasteiger partial charge is 0.497 e. The topological polar surface area (TPSA) is 73.9 Å². The van der Waals surface area contributed by atoms with Crippen LogP contribution in [0.25, 0.3) is 0 Å². The van der Waals surface area contributed by atoms with Crippen molar-refractivity contribution in [2.75, 3.05) is 21.3 Å². The molecule has 1 unspecified atom stereocenters. The molecule has 0 aliphatic carbocycles. The van der Waals surface area contributed by atoms with Gasteiger partial charge in [0.2, 0.25) is 5.91 Å². The Morgan fingerprint density at radius 1 is 1.00 bits per heavy atom. The van der Waals surface area contributed by atoms with Gasteiger partial charge in [0.15, 0.2) is 0 Å². The van der Waals surface area contributed by atoms with Gasteiger partial charge in [-0.3, -0.25) is 9.59 Å². The van der Waals surface area contributed by atoms with E-state index < -0.39 is 6.04 Å². The molecule has 0 aliphatic rings. The summed E-state index contributed by atoms with van der Waals surface area (Å²) in [6, 6.07) is 12.5. The van der Waals surface area contributed by atoms with E-state index in [4.69, 9.17) is 14.2 Å². The maximum atomic E-state index is 12.6. The number of nitrogens with one attached hydrogen (secondary N) is 1. The normalized spacial score (nSPS) is 11.4. The van der Waals surface area contributed by atoms with Crippen molar-refractivity contribution in [2.45, 2.75) is 25.8 Å². The van der Waals surface area contributed by atoms with Crippen LogP contribution >= 0.6 is 0 Å². The second-order valence-electron chi connectivity index (χ2n) is 6.17. The highest BCUT2D eigenvalue weighted by molar-refractivity contribution is 5.81. The molecule has 0 spiro atoms. The number of carbonyl (C=O) groups excluding carboxylic acids is 2. The van der Waals surface area contributed by atoms with Crippen LogP contribution in [0.15, 0.2) is 42.5 Å². The molecule has 0 saturated heterocycles. The molecule has 0 saturated carbocycles. The molecule has 0 aromatic heterocycles. The van der Waals surface area contributed by atoms with Gasteiger partial charge in [0.05, 0.1) is 40.2 Å². The number of ether oxygens (including phenoxy) is 3. The number of hydrogen-bond acceptors (Lipinski definition) is 5. The lowest BCUT2D eigenvalue weighted by atomic mass is 10.0. The Morgan fingerprint density at radius 3 is 2.30 bits per heavy atom. The third-order valence-corrected chi connectivity index (χ3v) is 4.26. The lowest BCUT2D eigenvalue weighted by Gasteiger charge is -2.19. The van der Waals surface area contributed by atoms with Crippen molar-refractivity contribution in [3.8, 4) is 11.5 Å². The van der Waals surface area contributed by atoms with E-state index in [-0.39, 0.29) is 24.7 Å². The number of rotatable bonds is 8. The molecule has 144 valence electrons. The fourth-order valence-corrected chi connectivity index (χ4v) is 2.72. The quantitative estimate of drug-likeness (QED) is 0.722. The number of amides is 1. The summed E-state index contributed by atoms with van der Waals surface area (Å²) in [6.45, 7) is 1.98. The van der Waals surface area contributed by atoms with E-state index in [1.54, 1.807) is 32.4 Å². The molecule has 27 heavy (non-hydrogen) atoms. The van der Waals surface area contributed by atoms with Crippen molar-refractivity contribution in [3.05, 3.63) is 59.2 Å². The molecule has 2 rings (SSSR count). The number of aryl methyl sites for hydroxylation is 1. The van der Waals surface area contributed by atoms with Crippen molar-refractivity contribution < 1.29 is 23.8 Å². The molecule has 0 bridgehead atoms. The zero-order valence-electron chi connectivity index (χ0n) is 16.1. The van der Waals surface area contributed by atoms with Gasteiger partial charge in [0, 0.05) is 11.6 Å². The lowest BCUT2D eigenvalue weighted by Crippen LogP contribution is -2.31. The summed E-state index contributed by atoms with van der Waals surface area (Å²) in [5.41, 5.74) is 2.68. The first-order chi connectivity index (χ1) is 13.0. The molecule has 1 amide bonds. The third kappa shape index (κ3) is 5.74. The highest BCUT2D eigenvalue weighted by atomic mass is 16.5. The van der Waals surface area contributed by atoms with Gasteiger partial charge < -0.3 is 19.5 Å². The van der Waals surface area contributed by atoms with E-state index in [0.29, 0.717) is 11.5 Å². The zero-order chi connectivity index (χ0) is 19.8. The van der Waals surface area contributed by atoms with Gasteiger partial charge in [0.1, 0.15) is 11.5 Å². The van der Waals surface area contributed by atoms with Gasteiger partial charge in [-0.1, -0.05) is 35.9 Å². The predicted molar refractivity (Wildman–Crippen MR) is 102 cm³/mol. The molecular formula is C21H25NO5. The summed E-state index contributed by atoms with van der Waals surface area (Å²) in [7, 11) is 4.45. The minimum atomic E-state index is -0.463. The highest BCUT2D eigenvalue weighted by Crippen LogP contribution is 2.25. The molecule has 0 heterocycles. The molecule has 1 N–H and O–H groups in total. The zero-order valence-corrected chi connectivity index (χ0v) is 16.1. The third-order valence-electron chi connectivity index (χ3n) is 4.26. The molecule has 2 aromatic rings. The average molecular weight is 371 g/mol. The van der Waals surface area contributed by atoms with Crippen LogP contribution in [0.2, 0.25) is 0 Å². The summed E-state index contributed by atoms with van der Waals surface area (Å²) in [6.07, 6.45) is 0.182. The Kier molecular flexibility index (Phi) is 7.23. The van der Waals surface area contributed by atoms with E-state index in [1.807, 2.05) is 31.2 Å². The van der Waals surface area contributed by atoms with E-state index in [2.05, 4.69) is 5.32 Å². The molecule has 2 aromatic carbocycles. The van der Waals surface area contributed by atoms with E-state index >= 15 is 0 Å². The molecule has 1 atom stereocenters. The first-order valence-electron chi connectivity index (χ1n) is 8.60. The Bertz CT molecular complexity index is 786. The van der Waals surface area contributed by atoms with Crippen LogP contribution in [0, 0.1) is 6.92 Å². The van der Waals surface area contributed by atoms with Crippen molar-refractivity contribution >= 4 is 11.9 Å². The number of methoxy groups -OCH3 is 3. The summed E-state index contributed by atoms with van der Waals surface area (Å²) < 4.78 is 15.3. The second kappa shape index (κ2) is 9.62. The van der Waals surface area contributed by atoms with E-state index in [9.17, 15) is 9.59 Å². The number of esters is 1. The second-order valence-corrected chi connectivity index (χ2v) is 6.17. The van der Waals surface area contributed by atoms with Gasteiger partial charge in [-0.05, 0) is 18.6 Å². The van der Waals surface area contributed by atoms with Gasteiger partial charge in [0.25, 0.3) is 0 Å². The monoisotopic (exact) mass is 371 g/mol. The molecule has 0 fully saturated rings. The highest BCUT2D eigenvalue weighted by Gasteiger charge is 2.20. The smallest absolute Gasteiger partial charge is 0.307 e. The van der Waals surface area contributed by atoms with Crippen LogP contribution < -0.4 is 14.8 Å². The molecule has 6 heteroatoms. The van der Waals surface area contributed by atoms with Crippen LogP contribution in [-0.2, 0) is 20.7 Å². The fourth-order valence-electron chi connectivity index (χ4n) is 2.72. The minimum Gasteiger partial charge on any atom is -0.497 e. The Balaban J connectivity index is 2.15. The Labute approximate surface area is 159 Å². The lowest BCUT2D eigenvalue weighted by molar-refractivity contribution is -0.141. The minimum absolute atomic E-state index is 0.0606. The number of hydrogen-bond donors (Lipinski definition) is 1. The van der Waals surface area contributed by atoms with Crippen molar-refractivity contribution in [1.29, 1.82) is 0 Å². The van der Waals surface area contributed by atoms with Crippen molar-refractivity contribution in [2.24, 2.45) is 0 Å². The van der Waals surface area contributed by atoms with Gasteiger partial charge in [-0.25, -0.2) is 0 Å². The maximum Gasteiger partial charge on any atom is 0.307 e. The first-order valence-corrected chi connectivity index (χ1v) is 8.60. The number of benzene rings is 2. The van der Waals surface area contributed by atoms with Crippen molar-refractivity contribution in [1.82, 2.24) is 5.32 Å². The van der Waals surface area contributed by atoms with Crippen LogP contribution in [-0.4, -0.2) is 33.2 Å². The first kappa shape index (κ1) is 20.3. The average Bonchev–Trinajstić information content (AvgIpc) is 2.68. The summed E-state index contributed by atoms with van der Waals surface area (Å²) in [5, 5.41) is 2.92. The fraction of sp³-hybridized carbons (Fsp3) is 0.333. The summed E-state index contributed by atoms with van der Waals surface area (Å²) in [4.78, 5) is 24.4. The molecule has 6 nitrogen and oxygen atoms in total. The molecule has 0 radical (unpaired) electrons. The van der Waals surface area contributed by atoms with Gasteiger partial charge in [-0.2, -0.15) is 0 Å². The van der Waals surface area contributed by atoms with Crippen LogP contribution in [0.3, 0.4) is 0 Å². The Morgan fingerprint density at radius 2 is 1.70 bits per heavy atom. The number of carbonyl (C=O) groups is 2. The van der Waals surface area contributed by atoms with E-state index in [1.165, 1.54) is 7.11 Å². The standard InChI is InChI=1S/C21H25NO5/c1-14-5-7-15(8-6-14)18(13-21(24)27-4)22-20(23)11-16-9-10-17(25-2)12-19(16)26-3/h5-10,12,18H,11,13H2,1-4H3,(H,22,23). The van der Waals surface area contributed by atoms with Crippen LogP contribution in [0.5, 0.6) is 11.5 Å². The summed E-state index contributed by atoms with van der Waals surface area (Å²) >= 11 is 0. The van der Waals surface area contributed by atoms with Crippen LogP contribution in [0.4, 0.5) is 0 Å². The van der Waals surface area contributed by atoms with Gasteiger partial charge >= 0.3 is 5.97 Å². The predicted octanol–water partition coefficient (Wildman–Crippen LogP) is 2.98. The van der Waals surface area contributed by atoms with Gasteiger partial charge in [-0.15, -0.1) is 0 Å². The maximum absolute atomic E-state index is 12.6. The van der Waals surface area contributed by atoms with Crippen molar-refractivity contribution in [3.63, 3.8) is 0 Å². The molecule has 0 aliphatic heterocycles. The SMILES string of the molecule is COC(=O)CC(NC(=O)Cc1ccc(OC)cc1OC)c1ccc(C)cc1.